The van der Waals surface area contributed by atoms with Crippen molar-refractivity contribution in [2.75, 3.05) is 0 Å². The molecule has 3 rings (SSSR count). The minimum Gasteiger partial charge on any atom is -0.321 e. The minimum absolute atomic E-state index is 0.0293. The number of hydrogen-bond acceptors (Lipinski definition) is 2. The normalized spacial score (nSPS) is 23.6. The van der Waals surface area contributed by atoms with E-state index in [1.165, 1.54) is 36.1 Å². The Morgan fingerprint density at radius 2 is 1.81 bits per heavy atom. The maximum atomic E-state index is 6.56. The second-order valence-electron chi connectivity index (χ2n) is 5.18. The number of thioether (sulfide) groups is 1. The number of rotatable bonds is 3. The zero-order valence-electron chi connectivity index (χ0n) is 9.61. The van der Waals surface area contributed by atoms with Crippen molar-refractivity contribution in [3.8, 4) is 0 Å². The summed E-state index contributed by atoms with van der Waals surface area (Å²) >= 11 is 2.04. The number of benzene rings is 1. The molecule has 2 fully saturated rings. The van der Waals surface area contributed by atoms with Crippen LogP contribution in [0.3, 0.4) is 0 Å². The van der Waals surface area contributed by atoms with Crippen LogP contribution in [-0.4, -0.2) is 5.25 Å². The molecular weight excluding hydrogens is 214 g/mol. The van der Waals surface area contributed by atoms with Crippen molar-refractivity contribution in [3.05, 3.63) is 29.8 Å². The van der Waals surface area contributed by atoms with Crippen molar-refractivity contribution >= 4 is 11.8 Å². The molecule has 2 N–H and O–H groups in total. The predicted octanol–water partition coefficient (Wildman–Crippen LogP) is 3.67. The van der Waals surface area contributed by atoms with Crippen LogP contribution in [0.25, 0.3) is 0 Å². The Hall–Kier alpha value is -0.470. The lowest BCUT2D eigenvalue weighted by Gasteiger charge is -2.26. The van der Waals surface area contributed by atoms with Gasteiger partial charge in [0, 0.05) is 15.7 Å². The molecular formula is C14H19NS. The van der Waals surface area contributed by atoms with E-state index in [0.717, 1.165) is 18.1 Å². The standard InChI is InChI=1S/C14H19NS/c15-14(9-3-4-10-14)12-5-1-2-6-13(12)16-11-7-8-11/h1-2,5-6,11H,3-4,7-10,15H2. The van der Waals surface area contributed by atoms with Gasteiger partial charge in [-0.25, -0.2) is 0 Å². The summed E-state index contributed by atoms with van der Waals surface area (Å²) in [6.07, 6.45) is 7.68. The van der Waals surface area contributed by atoms with Crippen molar-refractivity contribution in [2.45, 2.75) is 54.2 Å². The smallest absolute Gasteiger partial charge is 0.0420 e. The maximum Gasteiger partial charge on any atom is 0.0420 e. The van der Waals surface area contributed by atoms with Gasteiger partial charge in [0.2, 0.25) is 0 Å². The number of nitrogens with two attached hydrogens (primary N) is 1. The molecule has 2 heteroatoms. The maximum absolute atomic E-state index is 6.56. The van der Waals surface area contributed by atoms with E-state index in [0.29, 0.717) is 0 Å². The molecule has 0 saturated heterocycles. The Labute approximate surface area is 102 Å². The van der Waals surface area contributed by atoms with E-state index in [9.17, 15) is 0 Å². The first-order valence-corrected chi connectivity index (χ1v) is 7.21. The first-order chi connectivity index (χ1) is 7.78. The molecule has 0 atom stereocenters. The Bertz CT molecular complexity index is 378. The molecule has 0 unspecified atom stereocenters. The summed E-state index contributed by atoms with van der Waals surface area (Å²) in [4.78, 5) is 1.44. The van der Waals surface area contributed by atoms with Crippen LogP contribution in [0.5, 0.6) is 0 Å². The van der Waals surface area contributed by atoms with Crippen molar-refractivity contribution < 1.29 is 0 Å². The molecule has 1 nitrogen and oxygen atoms in total. The molecule has 0 heterocycles. The molecule has 0 bridgehead atoms. The van der Waals surface area contributed by atoms with E-state index in [-0.39, 0.29) is 5.54 Å². The molecule has 16 heavy (non-hydrogen) atoms. The van der Waals surface area contributed by atoms with Crippen molar-refractivity contribution in [3.63, 3.8) is 0 Å². The molecule has 0 radical (unpaired) electrons. The van der Waals surface area contributed by atoms with Crippen LogP contribution >= 0.6 is 11.8 Å². The topological polar surface area (TPSA) is 26.0 Å². The molecule has 86 valence electrons. The fourth-order valence-corrected chi connectivity index (χ4v) is 3.91. The summed E-state index contributed by atoms with van der Waals surface area (Å²) in [6.45, 7) is 0. The Morgan fingerprint density at radius 1 is 1.12 bits per heavy atom. The average Bonchev–Trinajstić information content (AvgIpc) is 2.99. The lowest BCUT2D eigenvalue weighted by molar-refractivity contribution is 0.453. The Kier molecular flexibility index (Phi) is 2.72. The van der Waals surface area contributed by atoms with E-state index < -0.39 is 0 Å². The lowest BCUT2D eigenvalue weighted by Crippen LogP contribution is -2.33. The summed E-state index contributed by atoms with van der Waals surface area (Å²) in [5, 5.41) is 0.867. The third-order valence-corrected chi connectivity index (χ3v) is 5.15. The van der Waals surface area contributed by atoms with Crippen molar-refractivity contribution in [1.82, 2.24) is 0 Å². The van der Waals surface area contributed by atoms with Crippen LogP contribution < -0.4 is 5.73 Å². The zero-order chi connectivity index (χ0) is 11.0. The van der Waals surface area contributed by atoms with Gasteiger partial charge in [0.1, 0.15) is 0 Å². The van der Waals surface area contributed by atoms with E-state index in [2.05, 4.69) is 24.3 Å². The molecule has 1 aromatic carbocycles. The van der Waals surface area contributed by atoms with Gasteiger partial charge in [0.25, 0.3) is 0 Å². The summed E-state index contributed by atoms with van der Waals surface area (Å²) in [5.74, 6) is 0. The van der Waals surface area contributed by atoms with Crippen LogP contribution in [0.1, 0.15) is 44.1 Å². The zero-order valence-corrected chi connectivity index (χ0v) is 10.4. The Balaban J connectivity index is 1.91. The van der Waals surface area contributed by atoms with Crippen LogP contribution in [0.15, 0.2) is 29.2 Å². The van der Waals surface area contributed by atoms with E-state index in [1.807, 2.05) is 11.8 Å². The fourth-order valence-electron chi connectivity index (χ4n) is 2.62. The van der Waals surface area contributed by atoms with Gasteiger partial charge >= 0.3 is 0 Å². The summed E-state index contributed by atoms with van der Waals surface area (Å²) in [7, 11) is 0. The highest BCUT2D eigenvalue weighted by Crippen LogP contribution is 2.45. The highest BCUT2D eigenvalue weighted by atomic mass is 32.2. The van der Waals surface area contributed by atoms with Gasteiger partial charge in [-0.1, -0.05) is 31.0 Å². The van der Waals surface area contributed by atoms with E-state index in [4.69, 9.17) is 5.73 Å². The van der Waals surface area contributed by atoms with Gasteiger partial charge in [-0.15, -0.1) is 11.8 Å². The fraction of sp³-hybridized carbons (Fsp3) is 0.571. The molecule has 2 aliphatic rings. The largest absolute Gasteiger partial charge is 0.321 e. The minimum atomic E-state index is -0.0293. The highest BCUT2D eigenvalue weighted by Gasteiger charge is 2.34. The number of hydrogen-bond donors (Lipinski definition) is 1. The second-order valence-corrected chi connectivity index (χ2v) is 6.52. The van der Waals surface area contributed by atoms with Gasteiger partial charge in [-0.3, -0.25) is 0 Å². The predicted molar refractivity (Wildman–Crippen MR) is 69.7 cm³/mol. The van der Waals surface area contributed by atoms with Crippen molar-refractivity contribution in [2.24, 2.45) is 5.73 Å². The van der Waals surface area contributed by atoms with Crippen molar-refractivity contribution in [1.29, 1.82) is 0 Å². The molecule has 0 spiro atoms. The van der Waals surface area contributed by atoms with Gasteiger partial charge in [-0.05, 0) is 37.3 Å². The van der Waals surface area contributed by atoms with E-state index in [1.54, 1.807) is 0 Å². The molecule has 0 aliphatic heterocycles. The highest BCUT2D eigenvalue weighted by molar-refractivity contribution is 8.00. The van der Waals surface area contributed by atoms with Crippen LogP contribution in [0.4, 0.5) is 0 Å². The summed E-state index contributed by atoms with van der Waals surface area (Å²) < 4.78 is 0. The lowest BCUT2D eigenvalue weighted by atomic mass is 9.89. The summed E-state index contributed by atoms with van der Waals surface area (Å²) in [5.41, 5.74) is 7.94. The first kappa shape index (κ1) is 10.7. The third kappa shape index (κ3) is 2.01. The SMILES string of the molecule is NC1(c2ccccc2SC2CC2)CCCC1. The second kappa shape index (κ2) is 4.08. The first-order valence-electron chi connectivity index (χ1n) is 6.33. The summed E-state index contributed by atoms with van der Waals surface area (Å²) in [6, 6.07) is 8.78. The third-order valence-electron chi connectivity index (χ3n) is 3.74. The molecule has 2 saturated carbocycles. The quantitative estimate of drug-likeness (QED) is 0.862. The average molecular weight is 233 g/mol. The van der Waals surface area contributed by atoms with Crippen LogP contribution in [-0.2, 0) is 5.54 Å². The van der Waals surface area contributed by atoms with Gasteiger partial charge in [0.05, 0.1) is 0 Å². The van der Waals surface area contributed by atoms with Gasteiger partial charge in [0.15, 0.2) is 0 Å². The van der Waals surface area contributed by atoms with Crippen LogP contribution in [0.2, 0.25) is 0 Å². The molecule has 2 aliphatic carbocycles. The van der Waals surface area contributed by atoms with Gasteiger partial charge < -0.3 is 5.73 Å². The van der Waals surface area contributed by atoms with Crippen LogP contribution in [0, 0.1) is 0 Å². The molecule has 0 amide bonds. The molecule has 1 aromatic rings. The van der Waals surface area contributed by atoms with Gasteiger partial charge in [-0.2, -0.15) is 0 Å². The Morgan fingerprint density at radius 3 is 2.50 bits per heavy atom. The van der Waals surface area contributed by atoms with E-state index >= 15 is 0 Å². The monoisotopic (exact) mass is 233 g/mol. The molecule has 0 aromatic heterocycles.